The summed E-state index contributed by atoms with van der Waals surface area (Å²) in [5.74, 6) is -4.46. The predicted octanol–water partition coefficient (Wildman–Crippen LogP) is 2.87. The molecule has 0 saturated carbocycles. The molecule has 1 amide bonds. The molecule has 0 heterocycles. The Morgan fingerprint density at radius 1 is 1.23 bits per heavy atom. The molecule has 0 saturated heterocycles. The molecule has 0 unspecified atom stereocenters. The first-order valence-electron chi connectivity index (χ1n) is 3.12. The number of amides is 1. The second-order valence-electron chi connectivity index (χ2n) is 2.12. The van der Waals surface area contributed by atoms with Crippen molar-refractivity contribution in [2.45, 2.75) is 0 Å². The second kappa shape index (κ2) is 3.66. The fourth-order valence-electron chi connectivity index (χ4n) is 0.728. The van der Waals surface area contributed by atoms with E-state index < -0.39 is 28.5 Å². The van der Waals surface area contributed by atoms with Crippen molar-refractivity contribution >= 4 is 22.7 Å². The monoisotopic (exact) mass is 209 g/mol. The van der Waals surface area contributed by atoms with Crippen molar-refractivity contribution in [3.63, 3.8) is 0 Å². The molecule has 0 spiro atoms. The zero-order valence-electron chi connectivity index (χ0n) is 6.07. The lowest BCUT2D eigenvalue weighted by Gasteiger charge is -2.02. The summed E-state index contributed by atoms with van der Waals surface area (Å²) in [4.78, 5) is 10.2. The Kier molecular flexibility index (Phi) is 2.77. The molecule has 0 bridgehead atoms. The van der Waals surface area contributed by atoms with Gasteiger partial charge >= 0.3 is 5.37 Å². The molecule has 70 valence electrons. The summed E-state index contributed by atoms with van der Waals surface area (Å²) in [7, 11) is 0. The van der Waals surface area contributed by atoms with Gasteiger partial charge in [0.05, 0.1) is 5.69 Å². The molecule has 1 rings (SSSR count). The van der Waals surface area contributed by atoms with Gasteiger partial charge < -0.3 is 5.32 Å². The number of hydrogen-bond donors (Lipinski definition) is 1. The third-order valence-corrected chi connectivity index (χ3v) is 1.36. The van der Waals surface area contributed by atoms with Gasteiger partial charge in [0.25, 0.3) is 0 Å². The van der Waals surface area contributed by atoms with Gasteiger partial charge in [0, 0.05) is 0 Å². The van der Waals surface area contributed by atoms with E-state index in [1.807, 2.05) is 0 Å². The van der Waals surface area contributed by atoms with Crippen molar-refractivity contribution in [1.29, 1.82) is 0 Å². The number of carbonyl (C=O) groups excluding carboxylic acids is 1. The fraction of sp³-hybridized carbons (Fsp3) is 0. The van der Waals surface area contributed by atoms with Crippen molar-refractivity contribution in [3.8, 4) is 0 Å². The normalized spacial score (nSPS) is 9.85. The zero-order chi connectivity index (χ0) is 10.0. The summed E-state index contributed by atoms with van der Waals surface area (Å²) in [5, 5.41) is 0.707. The average molecular weight is 210 g/mol. The van der Waals surface area contributed by atoms with Gasteiger partial charge in [0.1, 0.15) is 0 Å². The first-order chi connectivity index (χ1) is 6.02. The molecule has 1 aromatic carbocycles. The summed E-state index contributed by atoms with van der Waals surface area (Å²) < 4.78 is 37.6. The van der Waals surface area contributed by atoms with E-state index in [1.165, 1.54) is 0 Å². The Balaban J connectivity index is 3.10. The summed E-state index contributed by atoms with van der Waals surface area (Å²) in [6.45, 7) is 0. The van der Waals surface area contributed by atoms with Crippen LogP contribution in [-0.2, 0) is 0 Å². The van der Waals surface area contributed by atoms with Gasteiger partial charge in [-0.15, -0.1) is 0 Å². The van der Waals surface area contributed by atoms with Crippen LogP contribution in [0.2, 0.25) is 0 Å². The summed E-state index contributed by atoms with van der Waals surface area (Å²) >= 11 is 4.84. The minimum absolute atomic E-state index is 0.501. The zero-order valence-corrected chi connectivity index (χ0v) is 6.83. The highest BCUT2D eigenvalue weighted by atomic mass is 35.5. The summed E-state index contributed by atoms with van der Waals surface area (Å²) in [6.07, 6.45) is 0. The van der Waals surface area contributed by atoms with Crippen LogP contribution in [0.25, 0.3) is 0 Å². The van der Waals surface area contributed by atoms with Crippen LogP contribution < -0.4 is 5.32 Å². The van der Waals surface area contributed by atoms with Crippen LogP contribution in [0.5, 0.6) is 0 Å². The number of anilines is 1. The molecule has 0 aromatic heterocycles. The van der Waals surface area contributed by atoms with Gasteiger partial charge in [0.15, 0.2) is 17.5 Å². The van der Waals surface area contributed by atoms with Crippen molar-refractivity contribution in [1.82, 2.24) is 0 Å². The Morgan fingerprint density at radius 2 is 1.85 bits per heavy atom. The molecule has 1 N–H and O–H groups in total. The maximum atomic E-state index is 12.7. The van der Waals surface area contributed by atoms with E-state index in [2.05, 4.69) is 0 Å². The molecule has 2 nitrogen and oxygen atoms in total. The van der Waals surface area contributed by atoms with E-state index in [0.29, 0.717) is 6.07 Å². The van der Waals surface area contributed by atoms with Crippen molar-refractivity contribution in [2.24, 2.45) is 0 Å². The van der Waals surface area contributed by atoms with Gasteiger partial charge in [-0.25, -0.2) is 13.2 Å². The van der Waals surface area contributed by atoms with E-state index in [0.717, 1.165) is 6.07 Å². The summed E-state index contributed by atoms with van der Waals surface area (Å²) in [5.41, 5.74) is -0.501. The number of carbonyl (C=O) groups is 1. The van der Waals surface area contributed by atoms with E-state index in [4.69, 9.17) is 11.6 Å². The van der Waals surface area contributed by atoms with Crippen LogP contribution in [0, 0.1) is 17.5 Å². The first kappa shape index (κ1) is 9.85. The molecule has 0 aliphatic carbocycles. The van der Waals surface area contributed by atoms with Gasteiger partial charge in [-0.2, -0.15) is 0 Å². The van der Waals surface area contributed by atoms with Crippen LogP contribution >= 0.6 is 11.6 Å². The minimum atomic E-state index is -1.65. The maximum Gasteiger partial charge on any atom is 0.318 e. The van der Waals surface area contributed by atoms with Crippen molar-refractivity contribution < 1.29 is 18.0 Å². The first-order valence-corrected chi connectivity index (χ1v) is 3.50. The Bertz CT molecular complexity index is 356. The molecule has 0 aliphatic rings. The standard InChI is InChI=1S/C7H3ClF3NO/c8-7(13)12-4-2-1-3(9)5(10)6(4)11/h1-2H,(H,12,13). The molecule has 0 radical (unpaired) electrons. The van der Waals surface area contributed by atoms with E-state index in [9.17, 15) is 18.0 Å². The van der Waals surface area contributed by atoms with Gasteiger partial charge in [-0.05, 0) is 23.7 Å². The predicted molar refractivity (Wildman–Crippen MR) is 41.2 cm³/mol. The molecule has 6 heteroatoms. The molecule has 1 aromatic rings. The second-order valence-corrected chi connectivity index (χ2v) is 2.46. The number of hydrogen-bond acceptors (Lipinski definition) is 1. The molecule has 0 aliphatic heterocycles. The Morgan fingerprint density at radius 3 is 2.38 bits per heavy atom. The number of rotatable bonds is 1. The van der Waals surface area contributed by atoms with Crippen LogP contribution in [0.4, 0.5) is 23.7 Å². The largest absolute Gasteiger partial charge is 0.318 e. The minimum Gasteiger partial charge on any atom is -0.310 e. The van der Waals surface area contributed by atoms with Crippen LogP contribution in [0.15, 0.2) is 12.1 Å². The average Bonchev–Trinajstić information content (AvgIpc) is 2.06. The fourth-order valence-corrected chi connectivity index (χ4v) is 0.830. The highest BCUT2D eigenvalue weighted by molar-refractivity contribution is 6.65. The molecule has 0 fully saturated rings. The highest BCUT2D eigenvalue weighted by Crippen LogP contribution is 2.19. The van der Waals surface area contributed by atoms with Crippen LogP contribution in [0.1, 0.15) is 0 Å². The maximum absolute atomic E-state index is 12.7. The lowest BCUT2D eigenvalue weighted by atomic mass is 10.3. The third-order valence-electron chi connectivity index (χ3n) is 1.27. The molecule has 13 heavy (non-hydrogen) atoms. The lowest BCUT2D eigenvalue weighted by Crippen LogP contribution is -2.05. The van der Waals surface area contributed by atoms with E-state index >= 15 is 0 Å². The topological polar surface area (TPSA) is 29.1 Å². The van der Waals surface area contributed by atoms with Crippen molar-refractivity contribution in [2.75, 3.05) is 5.32 Å². The van der Waals surface area contributed by atoms with Gasteiger partial charge in [-0.3, -0.25) is 4.79 Å². The smallest absolute Gasteiger partial charge is 0.310 e. The number of halogens is 4. The molecular formula is C7H3ClF3NO. The van der Waals surface area contributed by atoms with Gasteiger partial charge in [-0.1, -0.05) is 0 Å². The Labute approximate surface area is 76.3 Å². The Hall–Kier alpha value is -1.23. The third kappa shape index (κ3) is 2.12. The van der Waals surface area contributed by atoms with Gasteiger partial charge in [0.2, 0.25) is 0 Å². The van der Waals surface area contributed by atoms with Crippen LogP contribution in [-0.4, -0.2) is 5.37 Å². The van der Waals surface area contributed by atoms with Crippen LogP contribution in [0.3, 0.4) is 0 Å². The number of benzene rings is 1. The summed E-state index contributed by atoms with van der Waals surface area (Å²) in [6, 6.07) is 1.55. The highest BCUT2D eigenvalue weighted by Gasteiger charge is 2.13. The lowest BCUT2D eigenvalue weighted by molar-refractivity contribution is 0.268. The molecular weight excluding hydrogens is 207 g/mol. The quantitative estimate of drug-likeness (QED) is 0.430. The number of nitrogens with one attached hydrogen (secondary N) is 1. The van der Waals surface area contributed by atoms with E-state index in [1.54, 1.807) is 5.32 Å². The molecule has 0 atom stereocenters. The van der Waals surface area contributed by atoms with Crippen molar-refractivity contribution in [3.05, 3.63) is 29.6 Å². The van der Waals surface area contributed by atoms with E-state index in [-0.39, 0.29) is 0 Å². The SMILES string of the molecule is O=C(Cl)Nc1ccc(F)c(F)c1F.